The van der Waals surface area contributed by atoms with Crippen molar-refractivity contribution in [1.29, 1.82) is 0 Å². The molecule has 11 heavy (non-hydrogen) atoms. The molecule has 0 spiro atoms. The SMILES string of the molecule is NC(=O)c1cccc(Br)c1I. The van der Waals surface area contributed by atoms with E-state index < -0.39 is 5.91 Å². The smallest absolute Gasteiger partial charge is 0.249 e. The Labute approximate surface area is 86.4 Å². The van der Waals surface area contributed by atoms with Gasteiger partial charge in [0.25, 0.3) is 0 Å². The average molecular weight is 326 g/mol. The number of primary amides is 1. The second-order valence-corrected chi connectivity index (χ2v) is 3.90. The van der Waals surface area contributed by atoms with Crippen molar-refractivity contribution < 1.29 is 4.79 Å². The van der Waals surface area contributed by atoms with Crippen LogP contribution in [0.15, 0.2) is 22.7 Å². The number of nitrogens with two attached hydrogens (primary N) is 1. The van der Waals surface area contributed by atoms with Gasteiger partial charge in [-0.3, -0.25) is 4.79 Å². The van der Waals surface area contributed by atoms with Crippen molar-refractivity contribution in [2.24, 2.45) is 5.73 Å². The lowest BCUT2D eigenvalue weighted by Gasteiger charge is -2.00. The van der Waals surface area contributed by atoms with Gasteiger partial charge in [0.05, 0.1) is 5.56 Å². The Kier molecular flexibility index (Phi) is 2.89. The van der Waals surface area contributed by atoms with E-state index in [0.717, 1.165) is 8.04 Å². The summed E-state index contributed by atoms with van der Waals surface area (Å²) < 4.78 is 1.76. The van der Waals surface area contributed by atoms with Gasteiger partial charge in [0.2, 0.25) is 5.91 Å². The van der Waals surface area contributed by atoms with Crippen LogP contribution in [-0.2, 0) is 0 Å². The topological polar surface area (TPSA) is 43.1 Å². The molecule has 2 nitrogen and oxygen atoms in total. The lowest BCUT2D eigenvalue weighted by atomic mass is 10.2. The van der Waals surface area contributed by atoms with Crippen molar-refractivity contribution in [3.63, 3.8) is 0 Å². The zero-order chi connectivity index (χ0) is 8.43. The van der Waals surface area contributed by atoms with E-state index in [0.29, 0.717) is 5.56 Å². The van der Waals surface area contributed by atoms with Gasteiger partial charge in [-0.05, 0) is 50.7 Å². The minimum Gasteiger partial charge on any atom is -0.366 e. The van der Waals surface area contributed by atoms with Crippen molar-refractivity contribution in [2.45, 2.75) is 0 Å². The van der Waals surface area contributed by atoms with Crippen LogP contribution < -0.4 is 5.73 Å². The van der Waals surface area contributed by atoms with Crippen LogP contribution in [0, 0.1) is 3.57 Å². The molecule has 1 aromatic rings. The molecule has 0 fully saturated rings. The van der Waals surface area contributed by atoms with Crippen LogP contribution in [-0.4, -0.2) is 5.91 Å². The third kappa shape index (κ3) is 1.93. The molecule has 58 valence electrons. The molecule has 0 saturated carbocycles. The summed E-state index contributed by atoms with van der Waals surface area (Å²) in [4.78, 5) is 10.8. The van der Waals surface area contributed by atoms with Crippen LogP contribution in [0.2, 0.25) is 0 Å². The fraction of sp³-hybridized carbons (Fsp3) is 0. The first-order valence-corrected chi connectivity index (χ1v) is 4.74. The highest BCUT2D eigenvalue weighted by molar-refractivity contribution is 14.1. The van der Waals surface area contributed by atoms with Crippen LogP contribution in [0.1, 0.15) is 10.4 Å². The van der Waals surface area contributed by atoms with E-state index in [1.165, 1.54) is 0 Å². The quantitative estimate of drug-likeness (QED) is 0.790. The van der Waals surface area contributed by atoms with E-state index in [4.69, 9.17) is 5.73 Å². The highest BCUT2D eigenvalue weighted by atomic mass is 127. The standard InChI is InChI=1S/C7H5BrINO/c8-5-3-1-2-4(6(5)9)7(10)11/h1-3H,(H2,10,11). The molecule has 0 aliphatic carbocycles. The van der Waals surface area contributed by atoms with Gasteiger partial charge < -0.3 is 5.73 Å². The minimum atomic E-state index is -0.393. The first kappa shape index (κ1) is 8.99. The summed E-state index contributed by atoms with van der Waals surface area (Å²) in [7, 11) is 0. The first-order valence-electron chi connectivity index (χ1n) is 2.86. The van der Waals surface area contributed by atoms with Crippen LogP contribution >= 0.6 is 38.5 Å². The van der Waals surface area contributed by atoms with E-state index in [1.807, 2.05) is 6.07 Å². The monoisotopic (exact) mass is 325 g/mol. The normalized spacial score (nSPS) is 9.64. The Morgan fingerprint density at radius 3 is 2.64 bits per heavy atom. The average Bonchev–Trinajstić information content (AvgIpc) is 1.94. The molecule has 1 aromatic carbocycles. The highest BCUT2D eigenvalue weighted by Gasteiger charge is 2.06. The van der Waals surface area contributed by atoms with Crippen molar-refractivity contribution in [1.82, 2.24) is 0 Å². The predicted octanol–water partition coefficient (Wildman–Crippen LogP) is 2.15. The second kappa shape index (κ2) is 3.53. The van der Waals surface area contributed by atoms with Crippen LogP contribution in [0.4, 0.5) is 0 Å². The van der Waals surface area contributed by atoms with Crippen LogP contribution in [0.25, 0.3) is 0 Å². The van der Waals surface area contributed by atoms with E-state index in [2.05, 4.69) is 38.5 Å². The number of hydrogen-bond acceptors (Lipinski definition) is 1. The summed E-state index contributed by atoms with van der Waals surface area (Å²) in [5.74, 6) is -0.393. The Morgan fingerprint density at radius 2 is 2.18 bits per heavy atom. The number of benzene rings is 1. The third-order valence-electron chi connectivity index (χ3n) is 1.22. The number of rotatable bonds is 1. The summed E-state index contributed by atoms with van der Waals surface area (Å²) in [5, 5.41) is 0. The summed E-state index contributed by atoms with van der Waals surface area (Å²) in [6.07, 6.45) is 0. The molecule has 0 saturated heterocycles. The van der Waals surface area contributed by atoms with Gasteiger partial charge in [0.15, 0.2) is 0 Å². The maximum atomic E-state index is 10.8. The number of carbonyl (C=O) groups excluding carboxylic acids is 1. The number of halogens is 2. The predicted molar refractivity (Wildman–Crippen MR) is 55.4 cm³/mol. The molecule has 0 radical (unpaired) electrons. The molecule has 0 bridgehead atoms. The van der Waals surface area contributed by atoms with E-state index in [-0.39, 0.29) is 0 Å². The molecular weight excluding hydrogens is 321 g/mol. The summed E-state index contributed by atoms with van der Waals surface area (Å²) >= 11 is 5.37. The molecule has 0 heterocycles. The van der Waals surface area contributed by atoms with Gasteiger partial charge >= 0.3 is 0 Å². The zero-order valence-electron chi connectivity index (χ0n) is 5.47. The van der Waals surface area contributed by atoms with Crippen molar-refractivity contribution >= 4 is 44.4 Å². The molecule has 1 amide bonds. The molecule has 2 N–H and O–H groups in total. The minimum absolute atomic E-state index is 0.393. The molecule has 0 aromatic heterocycles. The third-order valence-corrected chi connectivity index (χ3v) is 3.78. The van der Waals surface area contributed by atoms with Gasteiger partial charge in [-0.15, -0.1) is 0 Å². The molecule has 1 rings (SSSR count). The Hall–Kier alpha value is -0.100. The van der Waals surface area contributed by atoms with Crippen molar-refractivity contribution in [2.75, 3.05) is 0 Å². The molecule has 0 unspecified atom stereocenters. The van der Waals surface area contributed by atoms with Crippen molar-refractivity contribution in [3.8, 4) is 0 Å². The lowest BCUT2D eigenvalue weighted by molar-refractivity contribution is 0.0999. The van der Waals surface area contributed by atoms with E-state index in [1.54, 1.807) is 12.1 Å². The maximum absolute atomic E-state index is 10.8. The fourth-order valence-electron chi connectivity index (χ4n) is 0.694. The number of hydrogen-bond donors (Lipinski definition) is 1. The Balaban J connectivity index is 3.27. The molecule has 4 heteroatoms. The summed E-state index contributed by atoms with van der Waals surface area (Å²) in [5.41, 5.74) is 5.67. The summed E-state index contributed by atoms with van der Waals surface area (Å²) in [6, 6.07) is 5.36. The lowest BCUT2D eigenvalue weighted by Crippen LogP contribution is -2.12. The van der Waals surface area contributed by atoms with Gasteiger partial charge in [-0.2, -0.15) is 0 Å². The van der Waals surface area contributed by atoms with Gasteiger partial charge in [-0.25, -0.2) is 0 Å². The molecule has 0 atom stereocenters. The summed E-state index contributed by atoms with van der Waals surface area (Å²) in [6.45, 7) is 0. The number of amides is 1. The maximum Gasteiger partial charge on any atom is 0.249 e. The van der Waals surface area contributed by atoms with E-state index >= 15 is 0 Å². The molecular formula is C7H5BrINO. The van der Waals surface area contributed by atoms with Gasteiger partial charge in [0.1, 0.15) is 0 Å². The zero-order valence-corrected chi connectivity index (χ0v) is 9.22. The first-order chi connectivity index (χ1) is 5.13. The van der Waals surface area contributed by atoms with Crippen LogP contribution in [0.3, 0.4) is 0 Å². The van der Waals surface area contributed by atoms with Crippen molar-refractivity contribution in [3.05, 3.63) is 31.8 Å². The Bertz CT molecular complexity index is 300. The molecule has 0 aliphatic rings. The van der Waals surface area contributed by atoms with Crippen LogP contribution in [0.5, 0.6) is 0 Å². The molecule has 0 aliphatic heterocycles. The van der Waals surface area contributed by atoms with Gasteiger partial charge in [0, 0.05) is 8.04 Å². The van der Waals surface area contributed by atoms with Gasteiger partial charge in [-0.1, -0.05) is 6.07 Å². The van der Waals surface area contributed by atoms with E-state index in [9.17, 15) is 4.79 Å². The fourth-order valence-corrected chi connectivity index (χ4v) is 1.69. The highest BCUT2D eigenvalue weighted by Crippen LogP contribution is 2.21. The number of carbonyl (C=O) groups is 1. The second-order valence-electron chi connectivity index (χ2n) is 1.97. The largest absolute Gasteiger partial charge is 0.366 e. The Morgan fingerprint density at radius 1 is 1.55 bits per heavy atom.